The molecule has 0 saturated heterocycles. The number of nitrogens with zero attached hydrogens (tertiary/aromatic N) is 1. The average molecular weight is 251 g/mol. The number of halogens is 2. The maximum Gasteiger partial charge on any atom is 0.323 e. The van der Waals surface area contributed by atoms with Crippen molar-refractivity contribution in [1.29, 1.82) is 0 Å². The molecule has 8 heteroatoms. The van der Waals surface area contributed by atoms with Gasteiger partial charge in [-0.15, -0.1) is 0 Å². The van der Waals surface area contributed by atoms with Crippen LogP contribution in [-0.2, 0) is 0 Å². The second kappa shape index (κ2) is 4.94. The summed E-state index contributed by atoms with van der Waals surface area (Å²) in [6, 6.07) is 3.24. The molecule has 80 valence electrons. The molecule has 0 aliphatic rings. The smallest absolute Gasteiger partial charge is 0.282 e. The third-order valence-electron chi connectivity index (χ3n) is 1.36. The summed E-state index contributed by atoms with van der Waals surface area (Å²) in [6.07, 6.45) is 0. The minimum Gasteiger partial charge on any atom is -0.282 e. The largest absolute Gasteiger partial charge is 0.323 e. The second-order valence-corrected chi connectivity index (χ2v) is 3.57. The highest BCUT2D eigenvalue weighted by Crippen LogP contribution is 2.23. The SMILES string of the molecule is O=C(Cl)NSc1ccc(F)c([N+](=O)[O-])c1. The Morgan fingerprint density at radius 1 is 1.60 bits per heavy atom. The Balaban J connectivity index is 2.87. The van der Waals surface area contributed by atoms with E-state index in [-0.39, 0.29) is 0 Å². The van der Waals surface area contributed by atoms with Crippen LogP contribution < -0.4 is 4.72 Å². The van der Waals surface area contributed by atoms with Crippen molar-refractivity contribution < 1.29 is 14.1 Å². The molecule has 5 nitrogen and oxygen atoms in total. The molecule has 0 aliphatic heterocycles. The van der Waals surface area contributed by atoms with Crippen molar-refractivity contribution in [1.82, 2.24) is 4.72 Å². The number of rotatable bonds is 3. The van der Waals surface area contributed by atoms with Crippen LogP contribution >= 0.6 is 23.5 Å². The van der Waals surface area contributed by atoms with Crippen molar-refractivity contribution in [2.24, 2.45) is 0 Å². The van der Waals surface area contributed by atoms with Gasteiger partial charge >= 0.3 is 11.1 Å². The molecule has 1 aromatic rings. The molecule has 0 aromatic heterocycles. The Morgan fingerprint density at radius 3 is 2.80 bits per heavy atom. The van der Waals surface area contributed by atoms with E-state index in [0.717, 1.165) is 24.1 Å². The van der Waals surface area contributed by atoms with Crippen LogP contribution in [0.25, 0.3) is 0 Å². The van der Waals surface area contributed by atoms with Crippen molar-refractivity contribution in [3.8, 4) is 0 Å². The molecule has 0 bridgehead atoms. The fraction of sp³-hybridized carbons (Fsp3) is 0. The molecule has 1 N–H and O–H groups in total. The molecule has 15 heavy (non-hydrogen) atoms. The van der Waals surface area contributed by atoms with Crippen LogP contribution in [0.1, 0.15) is 0 Å². The summed E-state index contributed by atoms with van der Waals surface area (Å²) in [5.74, 6) is -0.929. The molecular formula is C7H4ClFN2O3S. The molecule has 0 spiro atoms. The van der Waals surface area contributed by atoms with Gasteiger partial charge in [-0.25, -0.2) is 0 Å². The fourth-order valence-corrected chi connectivity index (χ4v) is 1.42. The number of carbonyl (C=O) groups excluding carboxylic acids is 1. The standard InChI is InChI=1S/C7H4ClFN2O3S/c8-7(12)10-15-4-1-2-5(9)6(3-4)11(13)14/h1-3H,(H,10,12). The van der Waals surface area contributed by atoms with Gasteiger partial charge < -0.3 is 0 Å². The van der Waals surface area contributed by atoms with E-state index in [0.29, 0.717) is 4.90 Å². The summed E-state index contributed by atoms with van der Waals surface area (Å²) in [6.45, 7) is 0. The highest BCUT2D eigenvalue weighted by atomic mass is 35.5. The zero-order valence-electron chi connectivity index (χ0n) is 7.07. The Labute approximate surface area is 92.9 Å². The Kier molecular flexibility index (Phi) is 3.87. The first-order chi connectivity index (χ1) is 7.00. The van der Waals surface area contributed by atoms with Gasteiger partial charge in [0.15, 0.2) is 0 Å². The predicted octanol–water partition coefficient (Wildman–Crippen LogP) is 2.69. The van der Waals surface area contributed by atoms with Crippen LogP contribution in [0.4, 0.5) is 14.9 Å². The molecule has 0 fully saturated rings. The maximum atomic E-state index is 12.9. The number of amides is 1. The van der Waals surface area contributed by atoms with E-state index < -0.39 is 21.8 Å². The summed E-state index contributed by atoms with van der Waals surface area (Å²) < 4.78 is 15.0. The normalized spacial score (nSPS) is 9.73. The number of nitrogens with one attached hydrogen (secondary N) is 1. The van der Waals surface area contributed by atoms with E-state index in [1.54, 1.807) is 0 Å². The highest BCUT2D eigenvalue weighted by molar-refractivity contribution is 7.98. The van der Waals surface area contributed by atoms with E-state index in [4.69, 9.17) is 11.6 Å². The molecule has 0 heterocycles. The number of carbonyl (C=O) groups is 1. The summed E-state index contributed by atoms with van der Waals surface area (Å²) in [5.41, 5.74) is -0.649. The molecular weight excluding hydrogens is 247 g/mol. The maximum absolute atomic E-state index is 12.9. The first-order valence-electron chi connectivity index (χ1n) is 3.57. The average Bonchev–Trinajstić information content (AvgIpc) is 2.16. The summed E-state index contributed by atoms with van der Waals surface area (Å²) in [5, 5.41) is 9.54. The van der Waals surface area contributed by atoms with Crippen LogP contribution in [-0.4, -0.2) is 10.3 Å². The first-order valence-corrected chi connectivity index (χ1v) is 4.76. The molecule has 0 unspecified atom stereocenters. The molecule has 1 amide bonds. The molecule has 0 atom stereocenters. The third-order valence-corrected chi connectivity index (χ3v) is 2.35. The zero-order chi connectivity index (χ0) is 11.4. The van der Waals surface area contributed by atoms with Gasteiger partial charge in [0, 0.05) is 11.0 Å². The van der Waals surface area contributed by atoms with Gasteiger partial charge in [0.25, 0.3) is 0 Å². The Hall–Kier alpha value is -1.34. The molecule has 1 rings (SSSR count). The molecule has 0 radical (unpaired) electrons. The van der Waals surface area contributed by atoms with Gasteiger partial charge in [-0.2, -0.15) is 4.39 Å². The van der Waals surface area contributed by atoms with E-state index in [1.807, 2.05) is 0 Å². The minimum atomic E-state index is -0.929. The monoisotopic (exact) mass is 250 g/mol. The Morgan fingerprint density at radius 2 is 2.27 bits per heavy atom. The lowest BCUT2D eigenvalue weighted by molar-refractivity contribution is -0.387. The Bertz CT molecular complexity index is 415. The van der Waals surface area contributed by atoms with Gasteiger partial charge in [-0.05, 0) is 35.7 Å². The molecule has 0 aliphatic carbocycles. The van der Waals surface area contributed by atoms with E-state index in [1.165, 1.54) is 6.07 Å². The second-order valence-electron chi connectivity index (χ2n) is 2.35. The van der Waals surface area contributed by atoms with Gasteiger partial charge in [0.1, 0.15) is 0 Å². The lowest BCUT2D eigenvalue weighted by Crippen LogP contribution is -2.05. The van der Waals surface area contributed by atoms with Crippen LogP contribution in [0.15, 0.2) is 23.1 Å². The third kappa shape index (κ3) is 3.37. The van der Waals surface area contributed by atoms with Gasteiger partial charge in [-0.3, -0.25) is 19.6 Å². The quantitative estimate of drug-likeness (QED) is 0.294. The summed E-state index contributed by atoms with van der Waals surface area (Å²) in [7, 11) is 0. The highest BCUT2D eigenvalue weighted by Gasteiger charge is 2.14. The summed E-state index contributed by atoms with van der Waals surface area (Å²) >= 11 is 5.75. The van der Waals surface area contributed by atoms with Crippen molar-refractivity contribution in [3.63, 3.8) is 0 Å². The van der Waals surface area contributed by atoms with E-state index in [2.05, 4.69) is 4.72 Å². The predicted molar refractivity (Wildman–Crippen MR) is 53.3 cm³/mol. The zero-order valence-corrected chi connectivity index (χ0v) is 8.64. The topological polar surface area (TPSA) is 72.2 Å². The number of benzene rings is 1. The van der Waals surface area contributed by atoms with Crippen molar-refractivity contribution >= 4 is 34.6 Å². The van der Waals surface area contributed by atoms with Gasteiger partial charge in [-0.1, -0.05) is 0 Å². The van der Waals surface area contributed by atoms with Crippen molar-refractivity contribution in [2.45, 2.75) is 4.90 Å². The lowest BCUT2D eigenvalue weighted by Gasteiger charge is -2.00. The summed E-state index contributed by atoms with van der Waals surface area (Å²) in [4.78, 5) is 20.2. The number of hydrogen-bond acceptors (Lipinski definition) is 4. The van der Waals surface area contributed by atoms with Gasteiger partial charge in [0.05, 0.1) is 4.92 Å². The lowest BCUT2D eigenvalue weighted by atomic mass is 10.3. The molecule has 1 aromatic carbocycles. The van der Waals surface area contributed by atoms with Gasteiger partial charge in [0.2, 0.25) is 5.82 Å². The van der Waals surface area contributed by atoms with Crippen LogP contribution in [0.5, 0.6) is 0 Å². The number of nitro benzene ring substituents is 1. The van der Waals surface area contributed by atoms with E-state index in [9.17, 15) is 19.3 Å². The first kappa shape index (κ1) is 11.7. The molecule has 0 saturated carbocycles. The van der Waals surface area contributed by atoms with Crippen molar-refractivity contribution in [2.75, 3.05) is 0 Å². The van der Waals surface area contributed by atoms with Crippen LogP contribution in [0, 0.1) is 15.9 Å². The van der Waals surface area contributed by atoms with Crippen LogP contribution in [0.2, 0.25) is 0 Å². The van der Waals surface area contributed by atoms with Crippen LogP contribution in [0.3, 0.4) is 0 Å². The number of hydrogen-bond donors (Lipinski definition) is 1. The minimum absolute atomic E-state index is 0.317. The fourth-order valence-electron chi connectivity index (χ4n) is 0.795. The number of nitro groups is 1. The van der Waals surface area contributed by atoms with Crippen molar-refractivity contribution in [3.05, 3.63) is 34.1 Å². The van der Waals surface area contributed by atoms with E-state index >= 15 is 0 Å².